The molecule has 0 radical (unpaired) electrons. The highest BCUT2D eigenvalue weighted by molar-refractivity contribution is 5.78. The molecule has 23 heavy (non-hydrogen) atoms. The quantitative estimate of drug-likeness (QED) is 0.861. The molecule has 0 aliphatic carbocycles. The van der Waals surface area contributed by atoms with Crippen molar-refractivity contribution in [1.82, 2.24) is 10.2 Å². The second-order valence-corrected chi connectivity index (χ2v) is 5.55. The van der Waals surface area contributed by atoms with Gasteiger partial charge in [0.1, 0.15) is 11.6 Å². The van der Waals surface area contributed by atoms with Crippen molar-refractivity contribution < 1.29 is 14.3 Å². The van der Waals surface area contributed by atoms with Crippen LogP contribution in [0.15, 0.2) is 48.5 Å². The Bertz CT molecular complexity index is 676. The van der Waals surface area contributed by atoms with E-state index in [4.69, 9.17) is 0 Å². The molecule has 2 N–H and O–H groups in total. The molecular weight excluding hydrogens is 295 g/mol. The molecule has 2 aromatic carbocycles. The molecule has 1 atom stereocenters. The Labute approximate surface area is 135 Å². The highest BCUT2D eigenvalue weighted by atomic mass is 19.1. The Kier molecular flexibility index (Phi) is 5.71. The zero-order valence-electron chi connectivity index (χ0n) is 13.3. The van der Waals surface area contributed by atoms with Gasteiger partial charge in [-0.1, -0.05) is 30.3 Å². The molecular formula is C18H21FN2O2. The number of likely N-dealkylation sites (N-methyl/N-ethyl adjacent to an activating group) is 1. The minimum absolute atomic E-state index is 0.0266. The monoisotopic (exact) mass is 316 g/mol. The van der Waals surface area contributed by atoms with Crippen molar-refractivity contribution in [2.24, 2.45) is 0 Å². The second kappa shape index (κ2) is 7.74. The third kappa shape index (κ3) is 4.79. The van der Waals surface area contributed by atoms with Crippen LogP contribution in [0.2, 0.25) is 0 Å². The number of nitrogens with zero attached hydrogens (tertiary/aromatic N) is 1. The number of phenols is 1. The maximum atomic E-state index is 13.5. The van der Waals surface area contributed by atoms with Crippen molar-refractivity contribution in [3.05, 3.63) is 65.5 Å². The Morgan fingerprint density at radius 3 is 2.70 bits per heavy atom. The molecule has 0 heterocycles. The Morgan fingerprint density at radius 2 is 2.00 bits per heavy atom. The predicted molar refractivity (Wildman–Crippen MR) is 87.4 cm³/mol. The van der Waals surface area contributed by atoms with E-state index in [2.05, 4.69) is 5.32 Å². The molecule has 0 aliphatic rings. The van der Waals surface area contributed by atoms with Crippen LogP contribution in [0.25, 0.3) is 0 Å². The number of carbonyl (C=O) groups excluding carboxylic acids is 1. The fraction of sp³-hybridized carbons (Fsp3) is 0.278. The van der Waals surface area contributed by atoms with Crippen LogP contribution in [-0.4, -0.2) is 29.5 Å². The smallest absolute Gasteiger partial charge is 0.234 e. The number of phenolic OH excluding ortho intramolecular Hbond substituents is 1. The summed E-state index contributed by atoms with van der Waals surface area (Å²) < 4.78 is 13.5. The molecule has 1 amide bonds. The van der Waals surface area contributed by atoms with Crippen molar-refractivity contribution in [2.75, 3.05) is 13.6 Å². The number of aromatic hydroxyl groups is 1. The zero-order valence-corrected chi connectivity index (χ0v) is 13.3. The van der Waals surface area contributed by atoms with Crippen molar-refractivity contribution in [3.63, 3.8) is 0 Å². The molecule has 0 unspecified atom stereocenters. The fourth-order valence-electron chi connectivity index (χ4n) is 2.29. The van der Waals surface area contributed by atoms with E-state index < -0.39 is 0 Å². The molecule has 0 spiro atoms. The maximum absolute atomic E-state index is 13.5. The van der Waals surface area contributed by atoms with Gasteiger partial charge in [-0.3, -0.25) is 9.69 Å². The van der Waals surface area contributed by atoms with E-state index >= 15 is 0 Å². The minimum Gasteiger partial charge on any atom is -0.508 e. The number of carbonyl (C=O) groups is 1. The summed E-state index contributed by atoms with van der Waals surface area (Å²) in [5, 5.41) is 12.2. The number of amides is 1. The van der Waals surface area contributed by atoms with E-state index in [1.807, 2.05) is 24.9 Å². The van der Waals surface area contributed by atoms with E-state index in [9.17, 15) is 14.3 Å². The van der Waals surface area contributed by atoms with Crippen LogP contribution in [0.5, 0.6) is 5.75 Å². The maximum Gasteiger partial charge on any atom is 0.234 e. The molecule has 0 saturated carbocycles. The SMILES string of the molecule is C[C@@H](c1cccc(O)c1)N(C)CC(=O)NCc1ccccc1F. The van der Waals surface area contributed by atoms with Crippen LogP contribution >= 0.6 is 0 Å². The summed E-state index contributed by atoms with van der Waals surface area (Å²) in [6, 6.07) is 13.3. The first-order chi connectivity index (χ1) is 11.0. The molecule has 5 heteroatoms. The molecule has 0 aromatic heterocycles. The normalized spacial score (nSPS) is 12.2. The molecule has 0 fully saturated rings. The first-order valence-electron chi connectivity index (χ1n) is 7.46. The largest absolute Gasteiger partial charge is 0.508 e. The van der Waals surface area contributed by atoms with Gasteiger partial charge in [0.15, 0.2) is 0 Å². The number of hydrogen-bond donors (Lipinski definition) is 2. The standard InChI is InChI=1S/C18H21FN2O2/c1-13(14-7-5-8-16(22)10-14)21(2)12-18(23)20-11-15-6-3-4-9-17(15)19/h3-10,13,22H,11-12H2,1-2H3,(H,20,23)/t13-/m0/s1. The fourth-order valence-corrected chi connectivity index (χ4v) is 2.29. The lowest BCUT2D eigenvalue weighted by Crippen LogP contribution is -2.36. The summed E-state index contributed by atoms with van der Waals surface area (Å²) in [5.41, 5.74) is 1.39. The lowest BCUT2D eigenvalue weighted by atomic mass is 10.1. The summed E-state index contributed by atoms with van der Waals surface area (Å²) in [4.78, 5) is 13.9. The van der Waals surface area contributed by atoms with E-state index in [0.29, 0.717) is 5.56 Å². The van der Waals surface area contributed by atoms with Gasteiger partial charge in [0.2, 0.25) is 5.91 Å². The molecule has 4 nitrogen and oxygen atoms in total. The zero-order chi connectivity index (χ0) is 16.8. The summed E-state index contributed by atoms with van der Waals surface area (Å²) in [7, 11) is 1.83. The van der Waals surface area contributed by atoms with E-state index in [1.165, 1.54) is 6.07 Å². The Morgan fingerprint density at radius 1 is 1.26 bits per heavy atom. The highest BCUT2D eigenvalue weighted by Crippen LogP contribution is 2.21. The first kappa shape index (κ1) is 17.0. The average Bonchev–Trinajstić information content (AvgIpc) is 2.53. The van der Waals surface area contributed by atoms with Gasteiger partial charge in [0.25, 0.3) is 0 Å². The van der Waals surface area contributed by atoms with Crippen molar-refractivity contribution >= 4 is 5.91 Å². The molecule has 122 valence electrons. The number of benzene rings is 2. The van der Waals surface area contributed by atoms with E-state index in [1.54, 1.807) is 36.4 Å². The van der Waals surface area contributed by atoms with Gasteiger partial charge < -0.3 is 10.4 Å². The van der Waals surface area contributed by atoms with Gasteiger partial charge in [0, 0.05) is 18.2 Å². The first-order valence-corrected chi connectivity index (χ1v) is 7.46. The average molecular weight is 316 g/mol. The van der Waals surface area contributed by atoms with Gasteiger partial charge in [-0.2, -0.15) is 0 Å². The van der Waals surface area contributed by atoms with Crippen LogP contribution < -0.4 is 5.32 Å². The summed E-state index contributed by atoms with van der Waals surface area (Å²) >= 11 is 0. The third-order valence-corrected chi connectivity index (χ3v) is 3.84. The second-order valence-electron chi connectivity index (χ2n) is 5.55. The number of nitrogens with one attached hydrogen (secondary N) is 1. The number of rotatable bonds is 6. The van der Waals surface area contributed by atoms with Crippen LogP contribution in [0, 0.1) is 5.82 Å². The summed E-state index contributed by atoms with van der Waals surface area (Å²) in [5.74, 6) is -0.302. The molecule has 0 saturated heterocycles. The van der Waals surface area contributed by atoms with Gasteiger partial charge in [-0.25, -0.2) is 4.39 Å². The summed E-state index contributed by atoms with van der Waals surface area (Å²) in [6.45, 7) is 2.31. The van der Waals surface area contributed by atoms with Crippen LogP contribution in [0.4, 0.5) is 4.39 Å². The van der Waals surface area contributed by atoms with Crippen LogP contribution in [0.1, 0.15) is 24.1 Å². The lowest BCUT2D eigenvalue weighted by molar-refractivity contribution is -0.122. The number of hydrogen-bond acceptors (Lipinski definition) is 3. The van der Waals surface area contributed by atoms with Gasteiger partial charge in [0.05, 0.1) is 6.54 Å². The van der Waals surface area contributed by atoms with E-state index in [0.717, 1.165) is 5.56 Å². The van der Waals surface area contributed by atoms with Crippen LogP contribution in [0.3, 0.4) is 0 Å². The number of halogens is 1. The van der Waals surface area contributed by atoms with Crippen LogP contribution in [-0.2, 0) is 11.3 Å². The van der Waals surface area contributed by atoms with Gasteiger partial charge in [-0.15, -0.1) is 0 Å². The molecule has 0 bridgehead atoms. The minimum atomic E-state index is -0.325. The van der Waals surface area contributed by atoms with Crippen molar-refractivity contribution in [2.45, 2.75) is 19.5 Å². The molecule has 2 rings (SSSR count). The Balaban J connectivity index is 1.88. The topological polar surface area (TPSA) is 52.6 Å². The van der Waals surface area contributed by atoms with Gasteiger partial charge >= 0.3 is 0 Å². The third-order valence-electron chi connectivity index (χ3n) is 3.84. The Hall–Kier alpha value is -2.40. The van der Waals surface area contributed by atoms with Crippen molar-refractivity contribution in [1.29, 1.82) is 0 Å². The predicted octanol–water partition coefficient (Wildman–Crippen LogP) is 2.84. The van der Waals surface area contributed by atoms with E-state index in [-0.39, 0.29) is 36.6 Å². The summed E-state index contributed by atoms with van der Waals surface area (Å²) in [6.07, 6.45) is 0. The lowest BCUT2D eigenvalue weighted by Gasteiger charge is -2.24. The highest BCUT2D eigenvalue weighted by Gasteiger charge is 2.15. The van der Waals surface area contributed by atoms with Crippen molar-refractivity contribution in [3.8, 4) is 5.75 Å². The van der Waals surface area contributed by atoms with Gasteiger partial charge in [-0.05, 0) is 37.7 Å². The molecule has 2 aromatic rings. The molecule has 0 aliphatic heterocycles.